The maximum Gasteiger partial charge on any atom is 0.140 e. The average molecular weight is 332 g/mol. The molecule has 1 fully saturated rings. The van der Waals surface area contributed by atoms with Gasteiger partial charge in [-0.15, -0.1) is 0 Å². The number of aromatic nitrogens is 1. The largest absolute Gasteiger partial charge is 0.307 e. The van der Waals surface area contributed by atoms with Gasteiger partial charge in [0.15, 0.2) is 0 Å². The summed E-state index contributed by atoms with van der Waals surface area (Å²) in [5.41, 5.74) is 4.94. The zero-order chi connectivity index (χ0) is 17.1. The third-order valence-electron chi connectivity index (χ3n) is 5.76. The summed E-state index contributed by atoms with van der Waals surface area (Å²) in [4.78, 5) is 6.60. The smallest absolute Gasteiger partial charge is 0.140 e. The Bertz CT molecular complexity index is 784. The molecule has 0 unspecified atom stereocenters. The van der Waals surface area contributed by atoms with Gasteiger partial charge in [0.05, 0.1) is 0 Å². The summed E-state index contributed by atoms with van der Waals surface area (Å²) in [6.07, 6.45) is 6.20. The summed E-state index contributed by atoms with van der Waals surface area (Å²) >= 11 is 0. The van der Waals surface area contributed by atoms with Gasteiger partial charge in [-0.1, -0.05) is 24.3 Å². The number of hydrogen-bond donors (Lipinski definition) is 1. The number of nitrogens with one attached hydrogen (secondary N) is 1. The molecule has 128 valence electrons. The van der Waals surface area contributed by atoms with Crippen molar-refractivity contribution in [3.63, 3.8) is 0 Å². The van der Waals surface area contributed by atoms with Crippen molar-refractivity contribution in [2.75, 3.05) is 26.2 Å². The van der Waals surface area contributed by atoms with Crippen molar-refractivity contribution < 1.29 is 0 Å². The van der Waals surface area contributed by atoms with Gasteiger partial charge in [-0.25, -0.2) is 4.98 Å². The zero-order valence-electron chi connectivity index (χ0n) is 14.5. The van der Waals surface area contributed by atoms with Gasteiger partial charge >= 0.3 is 0 Å². The first kappa shape index (κ1) is 16.3. The van der Waals surface area contributed by atoms with Crippen LogP contribution in [0.4, 0.5) is 0 Å². The number of pyridine rings is 1. The van der Waals surface area contributed by atoms with Crippen molar-refractivity contribution in [2.24, 2.45) is 0 Å². The SMILES string of the molecule is N#Cc1cc(CCN2CCC3(CC2)NCCc2ccccc23)ccn1. The second-order valence-electron chi connectivity index (χ2n) is 7.17. The number of likely N-dealkylation sites (tertiary alicyclic amines) is 1. The molecule has 4 nitrogen and oxygen atoms in total. The Balaban J connectivity index is 1.38. The Labute approximate surface area is 149 Å². The van der Waals surface area contributed by atoms with Crippen LogP contribution in [0.3, 0.4) is 0 Å². The van der Waals surface area contributed by atoms with Gasteiger partial charge in [0.1, 0.15) is 11.8 Å². The van der Waals surface area contributed by atoms with E-state index in [0.29, 0.717) is 5.69 Å². The minimum atomic E-state index is 0.177. The van der Waals surface area contributed by atoms with Gasteiger partial charge in [-0.3, -0.25) is 0 Å². The molecular weight excluding hydrogens is 308 g/mol. The molecule has 0 atom stereocenters. The summed E-state index contributed by atoms with van der Waals surface area (Å²) in [5, 5.41) is 12.8. The molecule has 0 bridgehead atoms. The van der Waals surface area contributed by atoms with Crippen molar-refractivity contribution in [1.82, 2.24) is 15.2 Å². The van der Waals surface area contributed by atoms with Crippen molar-refractivity contribution >= 4 is 0 Å². The van der Waals surface area contributed by atoms with E-state index in [-0.39, 0.29) is 5.54 Å². The predicted molar refractivity (Wildman–Crippen MR) is 98.2 cm³/mol. The molecule has 0 radical (unpaired) electrons. The molecule has 25 heavy (non-hydrogen) atoms. The van der Waals surface area contributed by atoms with Crippen molar-refractivity contribution in [2.45, 2.75) is 31.2 Å². The third kappa shape index (κ3) is 3.30. The first-order valence-electron chi connectivity index (χ1n) is 9.20. The maximum absolute atomic E-state index is 8.97. The number of benzene rings is 1. The Morgan fingerprint density at radius 3 is 2.88 bits per heavy atom. The topological polar surface area (TPSA) is 52.0 Å². The lowest BCUT2D eigenvalue weighted by Crippen LogP contribution is -2.54. The van der Waals surface area contributed by atoms with E-state index in [4.69, 9.17) is 5.26 Å². The van der Waals surface area contributed by atoms with E-state index in [9.17, 15) is 0 Å². The standard InChI is InChI=1S/C21H24N4/c22-16-19-15-17(5-10-23-19)7-12-25-13-8-21(9-14-25)20-4-2-1-3-18(20)6-11-24-21/h1-5,10,15,24H,6-9,11-14H2. The summed E-state index contributed by atoms with van der Waals surface area (Å²) in [5.74, 6) is 0. The highest BCUT2D eigenvalue weighted by atomic mass is 15.2. The van der Waals surface area contributed by atoms with Gasteiger partial charge in [-0.05, 0) is 54.5 Å². The molecule has 1 N–H and O–H groups in total. The highest BCUT2D eigenvalue weighted by molar-refractivity contribution is 5.37. The fourth-order valence-corrected chi connectivity index (χ4v) is 4.32. The van der Waals surface area contributed by atoms with Crippen molar-refractivity contribution in [3.05, 3.63) is 65.0 Å². The predicted octanol–water partition coefficient (Wildman–Crippen LogP) is 2.63. The van der Waals surface area contributed by atoms with Crippen LogP contribution in [-0.4, -0.2) is 36.1 Å². The molecule has 1 aromatic carbocycles. The first-order chi connectivity index (χ1) is 12.3. The van der Waals surface area contributed by atoms with E-state index >= 15 is 0 Å². The minimum Gasteiger partial charge on any atom is -0.307 e. The molecule has 1 spiro atoms. The second-order valence-corrected chi connectivity index (χ2v) is 7.17. The highest BCUT2D eigenvalue weighted by Crippen LogP contribution is 2.37. The number of hydrogen-bond acceptors (Lipinski definition) is 4. The van der Waals surface area contributed by atoms with Crippen LogP contribution < -0.4 is 5.32 Å². The fourth-order valence-electron chi connectivity index (χ4n) is 4.32. The van der Waals surface area contributed by atoms with Gasteiger partial charge in [0, 0.05) is 37.9 Å². The van der Waals surface area contributed by atoms with Gasteiger partial charge in [0.25, 0.3) is 0 Å². The van der Waals surface area contributed by atoms with Crippen LogP contribution in [0.5, 0.6) is 0 Å². The summed E-state index contributed by atoms with van der Waals surface area (Å²) in [7, 11) is 0. The minimum absolute atomic E-state index is 0.177. The Morgan fingerprint density at radius 1 is 1.20 bits per heavy atom. The first-order valence-corrected chi connectivity index (χ1v) is 9.20. The van der Waals surface area contributed by atoms with Crippen LogP contribution in [0.25, 0.3) is 0 Å². The third-order valence-corrected chi connectivity index (χ3v) is 5.76. The monoisotopic (exact) mass is 332 g/mol. The molecule has 4 rings (SSSR count). The quantitative estimate of drug-likeness (QED) is 0.939. The number of rotatable bonds is 3. The van der Waals surface area contributed by atoms with Crippen LogP contribution in [0.15, 0.2) is 42.6 Å². The van der Waals surface area contributed by atoms with E-state index in [0.717, 1.165) is 39.0 Å². The molecular formula is C21H24N4. The van der Waals surface area contributed by atoms with E-state index in [1.807, 2.05) is 12.1 Å². The molecule has 0 amide bonds. The van der Waals surface area contributed by atoms with Gasteiger partial charge in [-0.2, -0.15) is 5.26 Å². The fraction of sp³-hybridized carbons (Fsp3) is 0.429. The Morgan fingerprint density at radius 2 is 2.04 bits per heavy atom. The lowest BCUT2D eigenvalue weighted by Gasteiger charge is -2.46. The van der Waals surface area contributed by atoms with E-state index < -0.39 is 0 Å². The molecule has 2 aliphatic rings. The summed E-state index contributed by atoms with van der Waals surface area (Å²) < 4.78 is 0. The summed E-state index contributed by atoms with van der Waals surface area (Å²) in [6, 6.07) is 15.0. The van der Waals surface area contributed by atoms with E-state index in [2.05, 4.69) is 45.5 Å². The zero-order valence-corrected chi connectivity index (χ0v) is 14.5. The molecule has 1 saturated heterocycles. The lowest BCUT2D eigenvalue weighted by molar-refractivity contribution is 0.130. The van der Waals surface area contributed by atoms with Crippen LogP contribution in [0.1, 0.15) is 35.2 Å². The molecule has 1 aromatic heterocycles. The number of piperidine rings is 1. The number of nitrogens with zero attached hydrogens (tertiary/aromatic N) is 3. The molecule has 2 aromatic rings. The van der Waals surface area contributed by atoms with Crippen LogP contribution >= 0.6 is 0 Å². The molecule has 4 heteroatoms. The number of fused-ring (bicyclic) bond motifs is 2. The average Bonchev–Trinajstić information content (AvgIpc) is 2.68. The van der Waals surface area contributed by atoms with Crippen molar-refractivity contribution in [1.29, 1.82) is 5.26 Å². The molecule has 2 aliphatic heterocycles. The molecule has 0 saturated carbocycles. The number of nitriles is 1. The Kier molecular flexibility index (Phi) is 4.52. The summed E-state index contributed by atoms with van der Waals surface area (Å²) in [6.45, 7) is 4.38. The molecule has 0 aliphatic carbocycles. The van der Waals surface area contributed by atoms with E-state index in [1.165, 1.54) is 29.5 Å². The lowest BCUT2D eigenvalue weighted by atomic mass is 9.76. The van der Waals surface area contributed by atoms with Gasteiger partial charge in [0.2, 0.25) is 0 Å². The van der Waals surface area contributed by atoms with Crippen LogP contribution in [0.2, 0.25) is 0 Å². The normalized spacial score (nSPS) is 19.3. The maximum atomic E-state index is 8.97. The van der Waals surface area contributed by atoms with E-state index in [1.54, 1.807) is 6.20 Å². The Hall–Kier alpha value is -2.22. The van der Waals surface area contributed by atoms with Crippen LogP contribution in [-0.2, 0) is 18.4 Å². The van der Waals surface area contributed by atoms with Crippen LogP contribution in [0, 0.1) is 11.3 Å². The molecule has 3 heterocycles. The van der Waals surface area contributed by atoms with Crippen molar-refractivity contribution in [3.8, 4) is 6.07 Å². The second kappa shape index (κ2) is 6.95. The highest BCUT2D eigenvalue weighted by Gasteiger charge is 2.38. The van der Waals surface area contributed by atoms with Gasteiger partial charge < -0.3 is 10.2 Å².